The first-order chi connectivity index (χ1) is 7.26. The maximum Gasteiger partial charge on any atom is 0.123 e. The second kappa shape index (κ2) is 6.50. The van der Waals surface area contributed by atoms with Crippen molar-refractivity contribution in [1.82, 2.24) is 4.90 Å². The number of nitrogens with two attached hydrogens (primary N) is 1. The number of rotatable bonds is 6. The first kappa shape index (κ1) is 12.1. The molecule has 0 unspecified atom stereocenters. The minimum atomic E-state index is -0.232. The summed E-state index contributed by atoms with van der Waals surface area (Å²) in [6.07, 6.45) is 0. The molecule has 0 aliphatic rings. The minimum absolute atomic E-state index is 0.0926. The zero-order valence-electron chi connectivity index (χ0n) is 8.69. The van der Waals surface area contributed by atoms with Gasteiger partial charge in [0.2, 0.25) is 0 Å². The second-order valence-corrected chi connectivity index (χ2v) is 3.42. The normalized spacial score (nSPS) is 10.9. The summed E-state index contributed by atoms with van der Waals surface area (Å²) in [5, 5.41) is 8.84. The quantitative estimate of drug-likeness (QED) is 0.725. The van der Waals surface area contributed by atoms with Crippen LogP contribution in [0.3, 0.4) is 0 Å². The lowest BCUT2D eigenvalue weighted by atomic mass is 10.2. The van der Waals surface area contributed by atoms with Crippen molar-refractivity contribution in [2.24, 2.45) is 5.73 Å². The Morgan fingerprint density at radius 3 is 2.73 bits per heavy atom. The molecule has 0 fully saturated rings. The Hall–Kier alpha value is -0.970. The van der Waals surface area contributed by atoms with Gasteiger partial charge in [-0.15, -0.1) is 0 Å². The molecule has 1 aromatic carbocycles. The Morgan fingerprint density at radius 2 is 2.13 bits per heavy atom. The third-order valence-electron chi connectivity index (χ3n) is 2.16. The van der Waals surface area contributed by atoms with Crippen molar-refractivity contribution in [3.05, 3.63) is 35.6 Å². The molecule has 3 nitrogen and oxygen atoms in total. The molecule has 84 valence electrons. The van der Waals surface area contributed by atoms with Gasteiger partial charge in [-0.25, -0.2) is 4.39 Å². The van der Waals surface area contributed by atoms with Crippen LogP contribution in [-0.2, 0) is 6.54 Å². The predicted octanol–water partition coefficient (Wildman–Crippen LogP) is 0.579. The van der Waals surface area contributed by atoms with Crippen LogP contribution >= 0.6 is 0 Å². The Morgan fingerprint density at radius 1 is 1.33 bits per heavy atom. The number of aliphatic hydroxyl groups excluding tert-OH is 1. The molecule has 15 heavy (non-hydrogen) atoms. The van der Waals surface area contributed by atoms with Crippen LogP contribution in [0.4, 0.5) is 4.39 Å². The summed E-state index contributed by atoms with van der Waals surface area (Å²) in [4.78, 5) is 1.99. The van der Waals surface area contributed by atoms with Crippen molar-refractivity contribution in [1.29, 1.82) is 0 Å². The fourth-order valence-electron chi connectivity index (χ4n) is 1.49. The number of aliphatic hydroxyl groups is 1. The summed E-state index contributed by atoms with van der Waals surface area (Å²) in [6, 6.07) is 6.47. The maximum absolute atomic E-state index is 12.9. The van der Waals surface area contributed by atoms with E-state index in [4.69, 9.17) is 10.8 Å². The fraction of sp³-hybridized carbons (Fsp3) is 0.455. The molecule has 0 radical (unpaired) electrons. The first-order valence-corrected chi connectivity index (χ1v) is 5.04. The Kier molecular flexibility index (Phi) is 5.25. The third kappa shape index (κ3) is 4.38. The van der Waals surface area contributed by atoms with Crippen molar-refractivity contribution in [2.75, 3.05) is 26.2 Å². The highest BCUT2D eigenvalue weighted by Gasteiger charge is 2.04. The average molecular weight is 212 g/mol. The van der Waals surface area contributed by atoms with Crippen LogP contribution in [0.2, 0.25) is 0 Å². The van der Waals surface area contributed by atoms with Crippen LogP contribution in [0, 0.1) is 5.82 Å². The number of benzene rings is 1. The van der Waals surface area contributed by atoms with Gasteiger partial charge in [-0.3, -0.25) is 4.90 Å². The van der Waals surface area contributed by atoms with Crippen LogP contribution in [0.5, 0.6) is 0 Å². The van der Waals surface area contributed by atoms with E-state index in [-0.39, 0.29) is 12.4 Å². The first-order valence-electron chi connectivity index (χ1n) is 5.04. The van der Waals surface area contributed by atoms with Crippen LogP contribution in [0.25, 0.3) is 0 Å². The van der Waals surface area contributed by atoms with Crippen LogP contribution in [0.1, 0.15) is 5.56 Å². The van der Waals surface area contributed by atoms with E-state index in [1.165, 1.54) is 12.1 Å². The van der Waals surface area contributed by atoms with Crippen molar-refractivity contribution in [2.45, 2.75) is 6.54 Å². The van der Waals surface area contributed by atoms with Crippen LogP contribution in [0.15, 0.2) is 24.3 Å². The summed E-state index contributed by atoms with van der Waals surface area (Å²) in [6.45, 7) is 2.52. The second-order valence-electron chi connectivity index (χ2n) is 3.42. The molecule has 0 aliphatic carbocycles. The molecule has 0 saturated heterocycles. The lowest BCUT2D eigenvalue weighted by molar-refractivity contribution is 0.193. The van der Waals surface area contributed by atoms with Gasteiger partial charge in [0.05, 0.1) is 6.61 Å². The summed E-state index contributed by atoms with van der Waals surface area (Å²) >= 11 is 0. The summed E-state index contributed by atoms with van der Waals surface area (Å²) < 4.78 is 12.9. The van der Waals surface area contributed by atoms with Crippen molar-refractivity contribution in [3.8, 4) is 0 Å². The standard InChI is InChI=1S/C11H17FN2O/c12-11-3-1-2-10(8-11)9-14(5-4-13)6-7-15/h1-3,8,15H,4-7,9,13H2. The van der Waals surface area contributed by atoms with Gasteiger partial charge in [-0.05, 0) is 17.7 Å². The highest BCUT2D eigenvalue weighted by atomic mass is 19.1. The summed E-state index contributed by atoms with van der Waals surface area (Å²) in [7, 11) is 0. The van der Waals surface area contributed by atoms with E-state index >= 15 is 0 Å². The SMILES string of the molecule is NCCN(CCO)Cc1cccc(F)c1. The Labute approximate surface area is 89.3 Å². The number of hydrogen-bond acceptors (Lipinski definition) is 3. The molecule has 1 rings (SSSR count). The molecule has 0 saturated carbocycles. The van der Waals surface area contributed by atoms with E-state index < -0.39 is 0 Å². The molecule has 0 bridgehead atoms. The molecule has 3 N–H and O–H groups in total. The van der Waals surface area contributed by atoms with Crippen molar-refractivity contribution >= 4 is 0 Å². The van der Waals surface area contributed by atoms with Gasteiger partial charge in [0.25, 0.3) is 0 Å². The molecule has 0 heterocycles. The fourth-order valence-corrected chi connectivity index (χ4v) is 1.49. The summed E-state index contributed by atoms with van der Waals surface area (Å²) in [5.41, 5.74) is 6.35. The lowest BCUT2D eigenvalue weighted by Crippen LogP contribution is -2.31. The molecule has 0 aromatic heterocycles. The van der Waals surface area contributed by atoms with Gasteiger partial charge in [0.1, 0.15) is 5.82 Å². The Bertz CT molecular complexity index is 288. The van der Waals surface area contributed by atoms with Gasteiger partial charge < -0.3 is 10.8 Å². The molecule has 0 atom stereocenters. The zero-order chi connectivity index (χ0) is 11.1. The highest BCUT2D eigenvalue weighted by Crippen LogP contribution is 2.06. The molecule has 0 amide bonds. The van der Waals surface area contributed by atoms with Gasteiger partial charge in [-0.1, -0.05) is 12.1 Å². The molecule has 1 aromatic rings. The molecular weight excluding hydrogens is 195 g/mol. The molecule has 4 heteroatoms. The van der Waals surface area contributed by atoms with E-state index in [9.17, 15) is 4.39 Å². The lowest BCUT2D eigenvalue weighted by Gasteiger charge is -2.20. The van der Waals surface area contributed by atoms with E-state index in [2.05, 4.69) is 0 Å². The monoisotopic (exact) mass is 212 g/mol. The highest BCUT2D eigenvalue weighted by molar-refractivity contribution is 5.16. The molecule has 0 spiro atoms. The predicted molar refractivity (Wildman–Crippen MR) is 57.8 cm³/mol. The zero-order valence-corrected chi connectivity index (χ0v) is 8.69. The number of nitrogens with zero attached hydrogens (tertiary/aromatic N) is 1. The van der Waals surface area contributed by atoms with Gasteiger partial charge in [0, 0.05) is 26.2 Å². The molecule has 0 aliphatic heterocycles. The van der Waals surface area contributed by atoms with E-state index in [1.807, 2.05) is 11.0 Å². The van der Waals surface area contributed by atoms with Gasteiger partial charge in [-0.2, -0.15) is 0 Å². The largest absolute Gasteiger partial charge is 0.395 e. The van der Waals surface area contributed by atoms with Crippen LogP contribution < -0.4 is 5.73 Å². The maximum atomic E-state index is 12.9. The van der Waals surface area contributed by atoms with Gasteiger partial charge >= 0.3 is 0 Å². The number of hydrogen-bond donors (Lipinski definition) is 2. The molecular formula is C11H17FN2O. The van der Waals surface area contributed by atoms with Crippen molar-refractivity contribution < 1.29 is 9.50 Å². The van der Waals surface area contributed by atoms with E-state index in [1.54, 1.807) is 6.07 Å². The summed E-state index contributed by atoms with van der Waals surface area (Å²) in [5.74, 6) is -0.232. The van der Waals surface area contributed by atoms with E-state index in [0.29, 0.717) is 26.2 Å². The number of halogens is 1. The average Bonchev–Trinajstić information content (AvgIpc) is 2.18. The van der Waals surface area contributed by atoms with Crippen LogP contribution in [-0.4, -0.2) is 36.2 Å². The smallest absolute Gasteiger partial charge is 0.123 e. The van der Waals surface area contributed by atoms with Crippen molar-refractivity contribution in [3.63, 3.8) is 0 Å². The van der Waals surface area contributed by atoms with Gasteiger partial charge in [0.15, 0.2) is 0 Å². The minimum Gasteiger partial charge on any atom is -0.395 e. The topological polar surface area (TPSA) is 49.5 Å². The third-order valence-corrected chi connectivity index (χ3v) is 2.16. The van der Waals surface area contributed by atoms with E-state index in [0.717, 1.165) is 5.56 Å². The Balaban J connectivity index is 2.56.